The summed E-state index contributed by atoms with van der Waals surface area (Å²) in [6.07, 6.45) is 2.10. The minimum absolute atomic E-state index is 0.00608. The number of aliphatic carboxylic acids is 1. The zero-order chi connectivity index (χ0) is 15.6. The van der Waals surface area contributed by atoms with Crippen molar-refractivity contribution in [2.24, 2.45) is 11.8 Å². The van der Waals surface area contributed by atoms with Crippen LogP contribution in [0.4, 0.5) is 4.39 Å². The Hall–Kier alpha value is -1.71. The van der Waals surface area contributed by atoms with E-state index >= 15 is 0 Å². The van der Waals surface area contributed by atoms with Gasteiger partial charge in [0.1, 0.15) is 11.6 Å². The molecular weight excluding hydrogens is 271 g/mol. The van der Waals surface area contributed by atoms with Crippen molar-refractivity contribution < 1.29 is 19.1 Å². The van der Waals surface area contributed by atoms with Gasteiger partial charge in [0, 0.05) is 11.8 Å². The molecule has 1 N–H and O–H groups in total. The first-order chi connectivity index (χ1) is 9.86. The van der Waals surface area contributed by atoms with Gasteiger partial charge in [-0.1, -0.05) is 19.1 Å². The summed E-state index contributed by atoms with van der Waals surface area (Å²) >= 11 is 0. The Bertz CT molecular complexity index is 537. The van der Waals surface area contributed by atoms with Gasteiger partial charge in [0.2, 0.25) is 0 Å². The topological polar surface area (TPSA) is 54.4 Å². The second-order valence-electron chi connectivity index (χ2n) is 6.20. The normalized spacial score (nSPS) is 28.5. The molecule has 1 aliphatic rings. The minimum Gasteiger partial charge on any atom is -0.481 e. The maximum Gasteiger partial charge on any atom is 0.304 e. The first-order valence-electron chi connectivity index (χ1n) is 7.33. The molecule has 114 valence electrons. The Kier molecular flexibility index (Phi) is 4.45. The summed E-state index contributed by atoms with van der Waals surface area (Å²) in [4.78, 5) is 23.0. The number of hydrogen-bond donors (Lipinski definition) is 1. The Balaban J connectivity index is 2.50. The van der Waals surface area contributed by atoms with Crippen molar-refractivity contribution in [3.05, 3.63) is 35.6 Å². The lowest BCUT2D eigenvalue weighted by Gasteiger charge is -2.38. The Labute approximate surface area is 124 Å². The van der Waals surface area contributed by atoms with Gasteiger partial charge in [-0.05, 0) is 49.3 Å². The lowest BCUT2D eigenvalue weighted by molar-refractivity contribution is -0.139. The van der Waals surface area contributed by atoms with Gasteiger partial charge in [0.05, 0.1) is 6.42 Å². The Morgan fingerprint density at radius 3 is 2.43 bits per heavy atom. The van der Waals surface area contributed by atoms with Crippen LogP contribution in [0.5, 0.6) is 0 Å². The van der Waals surface area contributed by atoms with Crippen molar-refractivity contribution in [3.8, 4) is 0 Å². The van der Waals surface area contributed by atoms with Crippen LogP contribution < -0.4 is 0 Å². The number of hydrogen-bond acceptors (Lipinski definition) is 2. The second-order valence-corrected chi connectivity index (χ2v) is 6.20. The van der Waals surface area contributed by atoms with Gasteiger partial charge >= 0.3 is 5.97 Å². The molecule has 1 saturated carbocycles. The van der Waals surface area contributed by atoms with Crippen LogP contribution in [0, 0.1) is 17.7 Å². The van der Waals surface area contributed by atoms with Crippen LogP contribution in [0.1, 0.15) is 45.1 Å². The number of carbonyl (C=O) groups excluding carboxylic acids is 1. The van der Waals surface area contributed by atoms with E-state index in [9.17, 15) is 19.1 Å². The second kappa shape index (κ2) is 5.96. The van der Waals surface area contributed by atoms with Crippen LogP contribution in [-0.4, -0.2) is 16.9 Å². The molecule has 2 rings (SSSR count). The van der Waals surface area contributed by atoms with E-state index < -0.39 is 11.4 Å². The molecule has 0 aliphatic heterocycles. The zero-order valence-corrected chi connectivity index (χ0v) is 12.4. The molecule has 1 aromatic carbocycles. The summed E-state index contributed by atoms with van der Waals surface area (Å²) < 4.78 is 13.2. The third-order valence-electron chi connectivity index (χ3n) is 4.92. The van der Waals surface area contributed by atoms with Crippen molar-refractivity contribution in [1.82, 2.24) is 0 Å². The van der Waals surface area contributed by atoms with Crippen molar-refractivity contribution in [2.45, 2.75) is 44.9 Å². The fourth-order valence-corrected chi connectivity index (χ4v) is 3.95. The van der Waals surface area contributed by atoms with E-state index in [-0.39, 0.29) is 29.9 Å². The summed E-state index contributed by atoms with van der Waals surface area (Å²) in [7, 11) is 0. The van der Waals surface area contributed by atoms with Crippen LogP contribution in [0.25, 0.3) is 0 Å². The van der Waals surface area contributed by atoms with E-state index in [1.165, 1.54) is 12.1 Å². The van der Waals surface area contributed by atoms with Crippen molar-refractivity contribution in [1.29, 1.82) is 0 Å². The maximum atomic E-state index is 13.2. The number of carboxylic acids is 1. The molecule has 21 heavy (non-hydrogen) atoms. The van der Waals surface area contributed by atoms with Crippen LogP contribution >= 0.6 is 0 Å². The number of benzene rings is 1. The molecule has 0 radical (unpaired) electrons. The molecule has 0 saturated heterocycles. The molecule has 3 nitrogen and oxygen atoms in total. The molecule has 0 amide bonds. The van der Waals surface area contributed by atoms with Gasteiger partial charge in [-0.2, -0.15) is 0 Å². The minimum atomic E-state index is -0.873. The van der Waals surface area contributed by atoms with Crippen molar-refractivity contribution in [3.63, 3.8) is 0 Å². The largest absolute Gasteiger partial charge is 0.481 e. The number of Topliss-reactive ketones (excluding diaryl/α,β-unsaturated/α-hetero) is 1. The number of halogens is 1. The number of carboxylic acid groups (broad SMARTS) is 1. The third-order valence-corrected chi connectivity index (χ3v) is 4.92. The zero-order valence-electron chi connectivity index (χ0n) is 12.4. The Morgan fingerprint density at radius 1 is 1.29 bits per heavy atom. The van der Waals surface area contributed by atoms with E-state index in [4.69, 9.17) is 0 Å². The summed E-state index contributed by atoms with van der Waals surface area (Å²) in [6, 6.07) is 6.09. The molecular formula is C17H21FO3. The average molecular weight is 292 g/mol. The third kappa shape index (κ3) is 2.99. The molecule has 0 bridgehead atoms. The van der Waals surface area contributed by atoms with Crippen molar-refractivity contribution in [2.75, 3.05) is 0 Å². The number of ketones is 1. The van der Waals surface area contributed by atoms with Gasteiger partial charge in [0.25, 0.3) is 0 Å². The van der Waals surface area contributed by atoms with Gasteiger partial charge in [-0.25, -0.2) is 4.39 Å². The quantitative estimate of drug-likeness (QED) is 0.902. The number of carbonyl (C=O) groups is 2. The highest BCUT2D eigenvalue weighted by Crippen LogP contribution is 2.53. The van der Waals surface area contributed by atoms with E-state index in [1.807, 2.05) is 6.92 Å². The van der Waals surface area contributed by atoms with Crippen LogP contribution in [0.2, 0.25) is 0 Å². The maximum absolute atomic E-state index is 13.2. The van der Waals surface area contributed by atoms with E-state index in [2.05, 4.69) is 0 Å². The summed E-state index contributed by atoms with van der Waals surface area (Å²) in [6.45, 7) is 3.58. The Morgan fingerprint density at radius 2 is 1.90 bits per heavy atom. The lowest BCUT2D eigenvalue weighted by Crippen LogP contribution is -2.39. The average Bonchev–Trinajstić information content (AvgIpc) is 2.68. The molecule has 1 aromatic rings. The molecule has 1 fully saturated rings. The smallest absolute Gasteiger partial charge is 0.304 e. The highest BCUT2D eigenvalue weighted by atomic mass is 19.1. The predicted molar refractivity (Wildman–Crippen MR) is 77.5 cm³/mol. The SMILES string of the molecule is CC(=O)CC1CCC(C)[C@]1(CC(=O)O)c1ccc(F)cc1. The van der Waals surface area contributed by atoms with Gasteiger partial charge in [-0.3, -0.25) is 4.79 Å². The lowest BCUT2D eigenvalue weighted by atomic mass is 9.64. The molecule has 3 atom stereocenters. The van der Waals surface area contributed by atoms with Gasteiger partial charge < -0.3 is 9.90 Å². The van der Waals surface area contributed by atoms with E-state index in [0.717, 1.165) is 18.4 Å². The highest BCUT2D eigenvalue weighted by Gasteiger charge is 2.50. The highest BCUT2D eigenvalue weighted by molar-refractivity contribution is 5.76. The monoisotopic (exact) mass is 292 g/mol. The molecule has 2 unspecified atom stereocenters. The fraction of sp³-hybridized carbons (Fsp3) is 0.529. The molecule has 1 aliphatic carbocycles. The van der Waals surface area contributed by atoms with Gasteiger partial charge in [-0.15, -0.1) is 0 Å². The van der Waals surface area contributed by atoms with E-state index in [1.54, 1.807) is 19.1 Å². The first-order valence-corrected chi connectivity index (χ1v) is 7.33. The summed E-state index contributed by atoms with van der Waals surface area (Å²) in [5.41, 5.74) is 0.258. The molecule has 4 heteroatoms. The molecule has 0 spiro atoms. The predicted octanol–water partition coefficient (Wildman–Crippen LogP) is 3.56. The van der Waals surface area contributed by atoms with Crippen LogP contribution in [-0.2, 0) is 15.0 Å². The molecule has 0 aromatic heterocycles. The fourth-order valence-electron chi connectivity index (χ4n) is 3.95. The standard InChI is InChI=1S/C17H21FO3/c1-11-3-4-14(9-12(2)19)17(11,10-16(20)21)13-5-7-15(18)8-6-13/h5-8,11,14H,3-4,9-10H2,1-2H3,(H,20,21)/t11?,14?,17-/m1/s1. The summed E-state index contributed by atoms with van der Waals surface area (Å²) in [5.74, 6) is -0.972. The van der Waals surface area contributed by atoms with Crippen LogP contribution in [0.15, 0.2) is 24.3 Å². The van der Waals surface area contributed by atoms with E-state index in [0.29, 0.717) is 6.42 Å². The van der Waals surface area contributed by atoms with Crippen LogP contribution in [0.3, 0.4) is 0 Å². The van der Waals surface area contributed by atoms with Crippen molar-refractivity contribution >= 4 is 11.8 Å². The first kappa shape index (κ1) is 15.7. The summed E-state index contributed by atoms with van der Waals surface area (Å²) in [5, 5.41) is 9.37. The molecule has 0 heterocycles. The van der Waals surface area contributed by atoms with Gasteiger partial charge in [0.15, 0.2) is 0 Å². The number of rotatable bonds is 5.